The lowest BCUT2D eigenvalue weighted by Crippen LogP contribution is -2.54. The van der Waals surface area contributed by atoms with Crippen molar-refractivity contribution in [3.05, 3.63) is 35.9 Å². The van der Waals surface area contributed by atoms with Gasteiger partial charge in [0.2, 0.25) is 0 Å². The van der Waals surface area contributed by atoms with Crippen molar-refractivity contribution in [2.24, 2.45) is 0 Å². The average Bonchev–Trinajstić information content (AvgIpc) is 2.40. The summed E-state index contributed by atoms with van der Waals surface area (Å²) in [7, 11) is 0. The molecular weight excluding hydrogens is 226 g/mol. The summed E-state index contributed by atoms with van der Waals surface area (Å²) in [5.41, 5.74) is 1.27. The van der Waals surface area contributed by atoms with Crippen molar-refractivity contribution >= 4 is 5.97 Å². The van der Waals surface area contributed by atoms with Crippen LogP contribution >= 0.6 is 0 Å². The highest BCUT2D eigenvalue weighted by Crippen LogP contribution is 2.29. The fourth-order valence-electron chi connectivity index (χ4n) is 3.11. The first-order chi connectivity index (χ1) is 8.83. The molecule has 1 aromatic rings. The lowest BCUT2D eigenvalue weighted by atomic mass is 9.90. The van der Waals surface area contributed by atoms with Crippen LogP contribution < -0.4 is 0 Å². The zero-order valence-corrected chi connectivity index (χ0v) is 10.5. The van der Waals surface area contributed by atoms with Crippen LogP contribution in [-0.4, -0.2) is 29.6 Å². The molecule has 1 aliphatic heterocycles. The van der Waals surface area contributed by atoms with Crippen LogP contribution in [0.4, 0.5) is 0 Å². The van der Waals surface area contributed by atoms with Gasteiger partial charge in [0.05, 0.1) is 6.54 Å². The summed E-state index contributed by atoms with van der Waals surface area (Å²) in [6, 6.07) is 10.8. The summed E-state index contributed by atoms with van der Waals surface area (Å²) in [6.45, 7) is 1.30. The standard InChI is InChI=1S/C15H19NO2/c17-15-11-16(10-12-6-2-1-3-7-12)13-8-4-5-9-14(13)18-15/h1-3,6-7,13-14H,4-5,8-11H2. The van der Waals surface area contributed by atoms with Crippen molar-refractivity contribution < 1.29 is 9.53 Å². The second-order valence-corrected chi connectivity index (χ2v) is 5.27. The Kier molecular flexibility index (Phi) is 3.33. The van der Waals surface area contributed by atoms with Crippen LogP contribution in [0.2, 0.25) is 0 Å². The van der Waals surface area contributed by atoms with E-state index in [0.717, 1.165) is 19.4 Å². The van der Waals surface area contributed by atoms with Gasteiger partial charge in [-0.15, -0.1) is 0 Å². The zero-order chi connectivity index (χ0) is 12.4. The van der Waals surface area contributed by atoms with Crippen LogP contribution in [0.1, 0.15) is 31.2 Å². The van der Waals surface area contributed by atoms with Gasteiger partial charge in [0, 0.05) is 12.6 Å². The molecule has 3 heteroatoms. The second-order valence-electron chi connectivity index (χ2n) is 5.27. The minimum atomic E-state index is -0.0610. The van der Waals surface area contributed by atoms with Crippen LogP contribution in [0.25, 0.3) is 0 Å². The number of ether oxygens (including phenoxy) is 1. The predicted octanol–water partition coefficient (Wildman–Crippen LogP) is 2.36. The third-order valence-corrected chi connectivity index (χ3v) is 3.98. The van der Waals surface area contributed by atoms with E-state index in [-0.39, 0.29) is 12.1 Å². The topological polar surface area (TPSA) is 29.5 Å². The van der Waals surface area contributed by atoms with Gasteiger partial charge in [-0.1, -0.05) is 36.8 Å². The molecule has 2 aliphatic rings. The molecule has 1 aromatic carbocycles. The first-order valence-corrected chi connectivity index (χ1v) is 6.80. The van der Waals surface area contributed by atoms with Gasteiger partial charge in [-0.2, -0.15) is 0 Å². The lowest BCUT2D eigenvalue weighted by Gasteiger charge is -2.42. The van der Waals surface area contributed by atoms with Gasteiger partial charge in [-0.3, -0.25) is 9.69 Å². The normalized spacial score (nSPS) is 28.6. The Morgan fingerprint density at radius 3 is 2.78 bits per heavy atom. The van der Waals surface area contributed by atoms with Crippen molar-refractivity contribution in [3.63, 3.8) is 0 Å². The van der Waals surface area contributed by atoms with Crippen LogP contribution in [0.5, 0.6) is 0 Å². The van der Waals surface area contributed by atoms with E-state index in [1.54, 1.807) is 0 Å². The van der Waals surface area contributed by atoms with E-state index in [0.29, 0.717) is 12.6 Å². The number of carbonyl (C=O) groups is 1. The monoisotopic (exact) mass is 245 g/mol. The van der Waals surface area contributed by atoms with Gasteiger partial charge in [-0.25, -0.2) is 0 Å². The van der Waals surface area contributed by atoms with Gasteiger partial charge >= 0.3 is 5.97 Å². The Morgan fingerprint density at radius 2 is 1.94 bits per heavy atom. The average molecular weight is 245 g/mol. The number of benzene rings is 1. The Bertz CT molecular complexity index is 418. The summed E-state index contributed by atoms with van der Waals surface area (Å²) in [5, 5.41) is 0. The molecule has 18 heavy (non-hydrogen) atoms. The molecule has 1 aliphatic carbocycles. The highest BCUT2D eigenvalue weighted by molar-refractivity contribution is 5.72. The number of fused-ring (bicyclic) bond motifs is 1. The summed E-state index contributed by atoms with van der Waals surface area (Å²) < 4.78 is 5.48. The maximum Gasteiger partial charge on any atom is 0.320 e. The molecule has 3 rings (SSSR count). The zero-order valence-electron chi connectivity index (χ0n) is 10.5. The largest absolute Gasteiger partial charge is 0.460 e. The minimum Gasteiger partial charge on any atom is -0.460 e. The summed E-state index contributed by atoms with van der Waals surface area (Å²) >= 11 is 0. The van der Waals surface area contributed by atoms with Crippen LogP contribution in [-0.2, 0) is 16.1 Å². The van der Waals surface area contributed by atoms with Crippen molar-refractivity contribution in [2.75, 3.05) is 6.54 Å². The van der Waals surface area contributed by atoms with Gasteiger partial charge in [0.15, 0.2) is 0 Å². The van der Waals surface area contributed by atoms with Crippen molar-refractivity contribution in [2.45, 2.75) is 44.4 Å². The van der Waals surface area contributed by atoms with Crippen molar-refractivity contribution in [1.29, 1.82) is 0 Å². The predicted molar refractivity (Wildman–Crippen MR) is 69.0 cm³/mol. The third kappa shape index (κ3) is 2.41. The SMILES string of the molecule is O=C1CN(Cc2ccccc2)C2CCCCC2O1. The van der Waals surface area contributed by atoms with E-state index in [1.165, 1.54) is 18.4 Å². The molecule has 0 radical (unpaired) electrons. The quantitative estimate of drug-likeness (QED) is 0.749. The summed E-state index contributed by atoms with van der Waals surface area (Å²) in [4.78, 5) is 14.0. The Labute approximate surface area is 108 Å². The number of carbonyl (C=O) groups excluding carboxylic acids is 1. The van der Waals surface area contributed by atoms with E-state index in [9.17, 15) is 4.79 Å². The molecule has 2 unspecified atom stereocenters. The van der Waals surface area contributed by atoms with E-state index in [2.05, 4.69) is 29.2 Å². The second kappa shape index (κ2) is 5.11. The van der Waals surface area contributed by atoms with E-state index in [1.807, 2.05) is 6.07 Å². The molecule has 0 spiro atoms. The highest BCUT2D eigenvalue weighted by atomic mass is 16.5. The number of rotatable bonds is 2. The van der Waals surface area contributed by atoms with Gasteiger partial charge in [0.25, 0.3) is 0 Å². The number of morpholine rings is 1. The molecule has 1 saturated heterocycles. The highest BCUT2D eigenvalue weighted by Gasteiger charge is 2.37. The van der Waals surface area contributed by atoms with Crippen LogP contribution in [0, 0.1) is 0 Å². The van der Waals surface area contributed by atoms with E-state index >= 15 is 0 Å². The van der Waals surface area contributed by atoms with Crippen LogP contribution in [0.3, 0.4) is 0 Å². The smallest absolute Gasteiger partial charge is 0.320 e. The first kappa shape index (κ1) is 11.7. The summed E-state index contributed by atoms with van der Waals surface area (Å²) in [6.07, 6.45) is 4.76. The molecule has 0 bridgehead atoms. The molecule has 96 valence electrons. The molecule has 0 aromatic heterocycles. The first-order valence-electron chi connectivity index (χ1n) is 6.80. The van der Waals surface area contributed by atoms with E-state index in [4.69, 9.17) is 4.74 Å². The van der Waals surface area contributed by atoms with Gasteiger partial charge in [0.1, 0.15) is 6.10 Å². The van der Waals surface area contributed by atoms with Crippen LogP contribution in [0.15, 0.2) is 30.3 Å². The molecule has 0 amide bonds. The number of esters is 1. The maximum atomic E-state index is 11.7. The Morgan fingerprint density at radius 1 is 1.17 bits per heavy atom. The number of hydrogen-bond acceptors (Lipinski definition) is 3. The Hall–Kier alpha value is -1.35. The lowest BCUT2D eigenvalue weighted by molar-refractivity contribution is -0.168. The maximum absolute atomic E-state index is 11.7. The molecule has 2 atom stereocenters. The molecule has 0 N–H and O–H groups in total. The number of nitrogens with zero attached hydrogens (tertiary/aromatic N) is 1. The minimum absolute atomic E-state index is 0.0610. The molecule has 3 nitrogen and oxygen atoms in total. The third-order valence-electron chi connectivity index (χ3n) is 3.98. The van der Waals surface area contributed by atoms with Gasteiger partial charge < -0.3 is 4.74 Å². The summed E-state index contributed by atoms with van der Waals surface area (Å²) in [5.74, 6) is -0.0610. The molecule has 1 heterocycles. The van der Waals surface area contributed by atoms with Crippen molar-refractivity contribution in [3.8, 4) is 0 Å². The fourth-order valence-corrected chi connectivity index (χ4v) is 3.11. The molecule has 1 saturated carbocycles. The fraction of sp³-hybridized carbons (Fsp3) is 0.533. The van der Waals surface area contributed by atoms with E-state index < -0.39 is 0 Å². The Balaban J connectivity index is 1.74. The van der Waals surface area contributed by atoms with Crippen molar-refractivity contribution in [1.82, 2.24) is 4.90 Å². The molecule has 2 fully saturated rings. The number of hydrogen-bond donors (Lipinski definition) is 0. The molecular formula is C15H19NO2. The van der Waals surface area contributed by atoms with Gasteiger partial charge in [-0.05, 0) is 24.8 Å².